The Balaban J connectivity index is 1.86. The third-order valence-electron chi connectivity index (χ3n) is 5.14. The average molecular weight is 429 g/mol. The van der Waals surface area contributed by atoms with Crippen LogP contribution >= 0.6 is 11.8 Å². The maximum Gasteiger partial charge on any atom is 0.326 e. The largest absolute Gasteiger partial charge is 0.462 e. The summed E-state index contributed by atoms with van der Waals surface area (Å²) in [5.41, 5.74) is 4.22. The van der Waals surface area contributed by atoms with Crippen molar-refractivity contribution in [3.05, 3.63) is 40.3 Å². The Hall–Kier alpha value is -2.54. The summed E-state index contributed by atoms with van der Waals surface area (Å²) in [6.07, 6.45) is 3.66. The van der Waals surface area contributed by atoms with Crippen LogP contribution in [0.25, 0.3) is 11.6 Å². The highest BCUT2D eigenvalue weighted by atomic mass is 32.2. The number of anilines is 1. The Morgan fingerprint density at radius 2 is 1.97 bits per heavy atom. The molecular formula is C23H28N2O4S. The summed E-state index contributed by atoms with van der Waals surface area (Å²) in [6.45, 7) is 12.6. The van der Waals surface area contributed by atoms with E-state index in [1.807, 2.05) is 12.1 Å². The molecule has 30 heavy (non-hydrogen) atoms. The summed E-state index contributed by atoms with van der Waals surface area (Å²) in [7, 11) is 0. The van der Waals surface area contributed by atoms with Gasteiger partial charge in [0.05, 0.1) is 16.5 Å². The number of allylic oxidation sites excluding steroid dienone is 1. The molecule has 1 fully saturated rings. The van der Waals surface area contributed by atoms with Crippen molar-refractivity contribution >= 4 is 46.2 Å². The molecule has 1 saturated heterocycles. The molecular weight excluding hydrogens is 400 g/mol. The van der Waals surface area contributed by atoms with Crippen molar-refractivity contribution < 1.29 is 19.1 Å². The summed E-state index contributed by atoms with van der Waals surface area (Å²) in [6, 6.07) is 6.06. The highest BCUT2D eigenvalue weighted by Crippen LogP contribution is 2.40. The van der Waals surface area contributed by atoms with E-state index in [0.29, 0.717) is 4.91 Å². The van der Waals surface area contributed by atoms with Gasteiger partial charge >= 0.3 is 5.97 Å². The lowest BCUT2D eigenvalue weighted by molar-refractivity contribution is -0.149. The lowest BCUT2D eigenvalue weighted by Crippen LogP contribution is -2.44. The topological polar surface area (TPSA) is 66.9 Å². The minimum absolute atomic E-state index is 0.0688. The molecule has 0 spiro atoms. The SMILES string of the molecule is CCN1c2ccc(/C=C3/SC(=O)N(CC(=O)OC(C)C)C3=O)cc2C(C)=CC1(C)C. The molecule has 2 aliphatic heterocycles. The quantitative estimate of drug-likeness (QED) is 0.500. The number of carbonyl (C=O) groups is 3. The number of rotatable bonds is 5. The Kier molecular flexibility index (Phi) is 6.13. The molecule has 7 heteroatoms. The van der Waals surface area contributed by atoms with E-state index in [-0.39, 0.29) is 18.2 Å². The van der Waals surface area contributed by atoms with Crippen LogP contribution in [0.1, 0.15) is 52.7 Å². The molecule has 1 aromatic rings. The molecule has 0 aliphatic carbocycles. The van der Waals surface area contributed by atoms with Gasteiger partial charge in [0, 0.05) is 17.8 Å². The van der Waals surface area contributed by atoms with E-state index < -0.39 is 17.1 Å². The standard InChI is InChI=1S/C23H28N2O4S/c1-7-25-18-9-8-16(10-17(18)15(4)12-23(25,5)6)11-19-21(27)24(22(28)30-19)13-20(26)29-14(2)3/h8-12,14H,7,13H2,1-6H3/b19-11+. The van der Waals surface area contributed by atoms with Crippen LogP contribution in [-0.2, 0) is 14.3 Å². The second-order valence-corrected chi connectivity index (χ2v) is 9.30. The first kappa shape index (κ1) is 22.2. The van der Waals surface area contributed by atoms with Crippen LogP contribution in [0.2, 0.25) is 0 Å². The molecule has 160 valence electrons. The van der Waals surface area contributed by atoms with Crippen molar-refractivity contribution in [2.24, 2.45) is 0 Å². The number of hydrogen-bond acceptors (Lipinski definition) is 6. The average Bonchev–Trinajstić information content (AvgIpc) is 2.88. The molecule has 2 aliphatic rings. The number of carbonyl (C=O) groups excluding carboxylic acids is 3. The fourth-order valence-electron chi connectivity index (χ4n) is 3.99. The number of hydrogen-bond donors (Lipinski definition) is 0. The van der Waals surface area contributed by atoms with Crippen LogP contribution < -0.4 is 4.90 Å². The number of benzene rings is 1. The van der Waals surface area contributed by atoms with Gasteiger partial charge in [-0.05, 0) is 82.6 Å². The summed E-state index contributed by atoms with van der Waals surface area (Å²) in [5, 5.41) is -0.458. The van der Waals surface area contributed by atoms with E-state index in [9.17, 15) is 14.4 Å². The summed E-state index contributed by atoms with van der Waals surface area (Å²) >= 11 is 0.846. The summed E-state index contributed by atoms with van der Waals surface area (Å²) in [4.78, 5) is 40.4. The molecule has 6 nitrogen and oxygen atoms in total. The van der Waals surface area contributed by atoms with Crippen molar-refractivity contribution in [3.8, 4) is 0 Å². The molecule has 2 heterocycles. The molecule has 0 atom stereocenters. The zero-order chi connectivity index (χ0) is 22.2. The first-order valence-corrected chi connectivity index (χ1v) is 10.9. The van der Waals surface area contributed by atoms with Gasteiger partial charge in [-0.1, -0.05) is 12.1 Å². The maximum absolute atomic E-state index is 12.7. The van der Waals surface area contributed by atoms with Crippen molar-refractivity contribution in [3.63, 3.8) is 0 Å². The van der Waals surface area contributed by atoms with Gasteiger partial charge in [0.2, 0.25) is 0 Å². The normalized spacial score (nSPS) is 19.4. The minimum Gasteiger partial charge on any atom is -0.462 e. The first-order chi connectivity index (χ1) is 14.0. The molecule has 0 bridgehead atoms. The van der Waals surface area contributed by atoms with Gasteiger partial charge in [-0.2, -0.15) is 0 Å². The molecule has 0 radical (unpaired) electrons. The molecule has 1 aromatic carbocycles. The Morgan fingerprint density at radius 1 is 1.27 bits per heavy atom. The van der Waals surface area contributed by atoms with Crippen LogP contribution in [0.3, 0.4) is 0 Å². The number of fused-ring (bicyclic) bond motifs is 1. The Labute approximate surface area is 181 Å². The number of imide groups is 1. The zero-order valence-electron chi connectivity index (χ0n) is 18.3. The van der Waals surface area contributed by atoms with E-state index in [4.69, 9.17) is 4.74 Å². The predicted molar refractivity (Wildman–Crippen MR) is 121 cm³/mol. The second-order valence-electron chi connectivity index (χ2n) is 8.31. The highest BCUT2D eigenvalue weighted by Gasteiger charge is 2.37. The number of amides is 2. The molecule has 0 saturated carbocycles. The van der Waals surface area contributed by atoms with E-state index in [1.165, 1.54) is 5.57 Å². The summed E-state index contributed by atoms with van der Waals surface area (Å²) in [5.74, 6) is -1.06. The Morgan fingerprint density at radius 3 is 2.60 bits per heavy atom. The molecule has 0 N–H and O–H groups in total. The van der Waals surface area contributed by atoms with Crippen LogP contribution in [-0.4, -0.2) is 46.7 Å². The van der Waals surface area contributed by atoms with Crippen LogP contribution in [0.15, 0.2) is 29.2 Å². The predicted octanol–water partition coefficient (Wildman–Crippen LogP) is 4.70. The fraction of sp³-hybridized carbons (Fsp3) is 0.435. The summed E-state index contributed by atoms with van der Waals surface area (Å²) < 4.78 is 5.05. The van der Waals surface area contributed by atoms with Gasteiger partial charge in [-0.3, -0.25) is 19.3 Å². The van der Waals surface area contributed by atoms with E-state index >= 15 is 0 Å². The fourth-order valence-corrected chi connectivity index (χ4v) is 4.82. The number of esters is 1. The van der Waals surface area contributed by atoms with Crippen LogP contribution in [0, 0.1) is 0 Å². The smallest absolute Gasteiger partial charge is 0.326 e. The second kappa shape index (κ2) is 8.30. The third-order valence-corrected chi connectivity index (χ3v) is 6.05. The van der Waals surface area contributed by atoms with E-state index in [0.717, 1.165) is 40.0 Å². The van der Waals surface area contributed by atoms with Gasteiger partial charge < -0.3 is 9.64 Å². The molecule has 0 unspecified atom stereocenters. The van der Waals surface area contributed by atoms with Crippen molar-refractivity contribution in [1.82, 2.24) is 4.90 Å². The van der Waals surface area contributed by atoms with Gasteiger partial charge in [0.15, 0.2) is 0 Å². The van der Waals surface area contributed by atoms with E-state index in [2.05, 4.69) is 44.7 Å². The monoisotopic (exact) mass is 428 g/mol. The van der Waals surface area contributed by atoms with Crippen LogP contribution in [0.4, 0.5) is 10.5 Å². The molecule has 2 amide bonds. The highest BCUT2D eigenvalue weighted by molar-refractivity contribution is 8.18. The van der Waals surface area contributed by atoms with Crippen molar-refractivity contribution in [2.45, 2.75) is 53.2 Å². The third kappa shape index (κ3) is 4.31. The first-order valence-electron chi connectivity index (χ1n) is 10.1. The van der Waals surface area contributed by atoms with Crippen LogP contribution in [0.5, 0.6) is 0 Å². The molecule has 0 aromatic heterocycles. The molecule has 3 rings (SSSR count). The number of nitrogens with zero attached hydrogens (tertiary/aromatic N) is 2. The number of likely N-dealkylation sites (N-methyl/N-ethyl adjacent to an activating group) is 1. The van der Waals surface area contributed by atoms with Gasteiger partial charge in [0.25, 0.3) is 11.1 Å². The van der Waals surface area contributed by atoms with Gasteiger partial charge in [-0.15, -0.1) is 0 Å². The van der Waals surface area contributed by atoms with Crippen molar-refractivity contribution in [1.29, 1.82) is 0 Å². The minimum atomic E-state index is -0.592. The number of ether oxygens (including phenoxy) is 1. The number of thioether (sulfide) groups is 1. The van der Waals surface area contributed by atoms with Gasteiger partial charge in [0.1, 0.15) is 6.54 Å². The lowest BCUT2D eigenvalue weighted by Gasteiger charge is -2.42. The van der Waals surface area contributed by atoms with Crippen molar-refractivity contribution in [2.75, 3.05) is 18.0 Å². The van der Waals surface area contributed by atoms with Gasteiger partial charge in [-0.25, -0.2) is 0 Å². The zero-order valence-corrected chi connectivity index (χ0v) is 19.1. The Bertz CT molecular complexity index is 962. The lowest BCUT2D eigenvalue weighted by atomic mass is 9.88. The van der Waals surface area contributed by atoms with E-state index in [1.54, 1.807) is 19.9 Å². The maximum atomic E-state index is 12.7.